The number of hydrogen-bond acceptors (Lipinski definition) is 2. The van der Waals surface area contributed by atoms with Crippen molar-refractivity contribution in [3.05, 3.63) is 63.1 Å². The van der Waals surface area contributed by atoms with E-state index in [1.807, 2.05) is 37.3 Å². The Morgan fingerprint density at radius 1 is 1.09 bits per heavy atom. The molecule has 0 radical (unpaired) electrons. The lowest BCUT2D eigenvalue weighted by molar-refractivity contribution is -0.120. The van der Waals surface area contributed by atoms with E-state index in [1.54, 1.807) is 0 Å². The SMILES string of the molecule is Cc1cc(C)c(OCCNC(=O)Cc2cccc(Br)c2)cc1C. The van der Waals surface area contributed by atoms with Crippen LogP contribution < -0.4 is 10.1 Å². The molecule has 0 bridgehead atoms. The minimum absolute atomic E-state index is 0.00325. The zero-order chi connectivity index (χ0) is 16.8. The summed E-state index contributed by atoms with van der Waals surface area (Å²) < 4.78 is 6.75. The van der Waals surface area contributed by atoms with E-state index in [0.717, 1.165) is 21.3 Å². The zero-order valence-electron chi connectivity index (χ0n) is 13.8. The summed E-state index contributed by atoms with van der Waals surface area (Å²) >= 11 is 3.41. The number of halogens is 1. The van der Waals surface area contributed by atoms with Gasteiger partial charge in [0.2, 0.25) is 5.91 Å². The third-order valence-electron chi connectivity index (χ3n) is 3.73. The number of rotatable bonds is 6. The van der Waals surface area contributed by atoms with Crippen molar-refractivity contribution < 1.29 is 9.53 Å². The molecule has 2 rings (SSSR count). The highest BCUT2D eigenvalue weighted by Gasteiger charge is 2.05. The molecule has 0 atom stereocenters. The molecular formula is C19H22BrNO2. The van der Waals surface area contributed by atoms with Crippen molar-refractivity contribution in [1.29, 1.82) is 0 Å². The lowest BCUT2D eigenvalue weighted by atomic mass is 10.1. The van der Waals surface area contributed by atoms with Crippen LogP contribution in [0.25, 0.3) is 0 Å². The molecule has 2 aromatic rings. The molecule has 0 saturated carbocycles. The Kier molecular flexibility index (Phi) is 6.22. The third-order valence-corrected chi connectivity index (χ3v) is 4.22. The van der Waals surface area contributed by atoms with Crippen molar-refractivity contribution >= 4 is 21.8 Å². The average molecular weight is 376 g/mol. The molecule has 4 heteroatoms. The first-order chi connectivity index (χ1) is 11.0. The monoisotopic (exact) mass is 375 g/mol. The molecule has 0 aliphatic rings. The van der Waals surface area contributed by atoms with Gasteiger partial charge in [-0.15, -0.1) is 0 Å². The lowest BCUT2D eigenvalue weighted by Crippen LogP contribution is -2.29. The molecule has 0 saturated heterocycles. The van der Waals surface area contributed by atoms with Crippen LogP contribution in [0.5, 0.6) is 5.75 Å². The van der Waals surface area contributed by atoms with E-state index in [9.17, 15) is 4.79 Å². The molecule has 1 N–H and O–H groups in total. The summed E-state index contributed by atoms with van der Waals surface area (Å²) in [6.07, 6.45) is 0.377. The minimum atomic E-state index is 0.00325. The quantitative estimate of drug-likeness (QED) is 0.771. The van der Waals surface area contributed by atoms with Gasteiger partial charge < -0.3 is 10.1 Å². The summed E-state index contributed by atoms with van der Waals surface area (Å²) in [4.78, 5) is 11.9. The van der Waals surface area contributed by atoms with Gasteiger partial charge in [-0.05, 0) is 61.2 Å². The number of nitrogens with one attached hydrogen (secondary N) is 1. The minimum Gasteiger partial charge on any atom is -0.491 e. The van der Waals surface area contributed by atoms with Crippen molar-refractivity contribution in [2.24, 2.45) is 0 Å². The van der Waals surface area contributed by atoms with Crippen LogP contribution >= 0.6 is 15.9 Å². The fourth-order valence-corrected chi connectivity index (χ4v) is 2.78. The molecule has 3 nitrogen and oxygen atoms in total. The van der Waals surface area contributed by atoms with Gasteiger partial charge >= 0.3 is 0 Å². The first kappa shape index (κ1) is 17.5. The maximum Gasteiger partial charge on any atom is 0.224 e. The molecule has 0 aromatic heterocycles. The number of ether oxygens (including phenoxy) is 1. The normalized spacial score (nSPS) is 10.4. The zero-order valence-corrected chi connectivity index (χ0v) is 15.4. The van der Waals surface area contributed by atoms with Crippen LogP contribution in [0.3, 0.4) is 0 Å². The Hall–Kier alpha value is -1.81. The molecule has 1 amide bonds. The molecule has 0 heterocycles. The standard InChI is InChI=1S/C19H22BrNO2/c1-13-9-15(3)18(10-14(13)2)23-8-7-21-19(22)12-16-5-4-6-17(20)11-16/h4-6,9-11H,7-8,12H2,1-3H3,(H,21,22). The first-order valence-corrected chi connectivity index (χ1v) is 8.47. The molecule has 0 unspecified atom stereocenters. The van der Waals surface area contributed by atoms with Gasteiger partial charge in [-0.25, -0.2) is 0 Å². The van der Waals surface area contributed by atoms with Gasteiger partial charge in [0.1, 0.15) is 12.4 Å². The van der Waals surface area contributed by atoms with E-state index in [1.165, 1.54) is 11.1 Å². The first-order valence-electron chi connectivity index (χ1n) is 7.67. The highest BCUT2D eigenvalue weighted by Crippen LogP contribution is 2.22. The second-order valence-electron chi connectivity index (χ2n) is 5.71. The van der Waals surface area contributed by atoms with Crippen LogP contribution in [-0.4, -0.2) is 19.1 Å². The Morgan fingerprint density at radius 3 is 2.57 bits per heavy atom. The van der Waals surface area contributed by atoms with Crippen molar-refractivity contribution in [1.82, 2.24) is 5.32 Å². The number of carbonyl (C=O) groups excluding carboxylic acids is 1. The molecule has 0 spiro atoms. The van der Waals surface area contributed by atoms with Crippen LogP contribution in [0.2, 0.25) is 0 Å². The fraction of sp³-hybridized carbons (Fsp3) is 0.316. The van der Waals surface area contributed by atoms with Gasteiger partial charge in [0, 0.05) is 4.47 Å². The topological polar surface area (TPSA) is 38.3 Å². The average Bonchev–Trinajstić information content (AvgIpc) is 2.48. The van der Waals surface area contributed by atoms with Crippen molar-refractivity contribution in [3.63, 3.8) is 0 Å². The molecule has 0 aliphatic heterocycles. The number of amides is 1. The van der Waals surface area contributed by atoms with Crippen LogP contribution in [0.1, 0.15) is 22.3 Å². The number of hydrogen-bond donors (Lipinski definition) is 1. The van der Waals surface area contributed by atoms with Crippen LogP contribution in [0, 0.1) is 20.8 Å². The smallest absolute Gasteiger partial charge is 0.224 e. The van der Waals surface area contributed by atoms with E-state index in [4.69, 9.17) is 4.74 Å². The largest absolute Gasteiger partial charge is 0.491 e. The van der Waals surface area contributed by atoms with Crippen molar-refractivity contribution in [3.8, 4) is 5.75 Å². The van der Waals surface area contributed by atoms with Gasteiger partial charge in [-0.2, -0.15) is 0 Å². The van der Waals surface area contributed by atoms with Crippen molar-refractivity contribution in [2.45, 2.75) is 27.2 Å². The predicted molar refractivity (Wildman–Crippen MR) is 97.0 cm³/mol. The highest BCUT2D eigenvalue weighted by molar-refractivity contribution is 9.10. The summed E-state index contributed by atoms with van der Waals surface area (Å²) in [5, 5.41) is 2.89. The van der Waals surface area contributed by atoms with Crippen molar-refractivity contribution in [2.75, 3.05) is 13.2 Å². The molecule has 0 fully saturated rings. The molecule has 122 valence electrons. The second-order valence-corrected chi connectivity index (χ2v) is 6.62. The summed E-state index contributed by atoms with van der Waals surface area (Å²) in [6, 6.07) is 11.9. The number of benzene rings is 2. The fourth-order valence-electron chi connectivity index (χ4n) is 2.34. The Balaban J connectivity index is 1.77. The maximum absolute atomic E-state index is 11.9. The predicted octanol–water partition coefficient (Wildman–Crippen LogP) is 4.11. The van der Waals surface area contributed by atoms with Gasteiger partial charge in [-0.1, -0.05) is 34.1 Å². The summed E-state index contributed by atoms with van der Waals surface area (Å²) in [5.74, 6) is 0.887. The Labute approximate surface area is 146 Å². The van der Waals surface area contributed by atoms with E-state index in [-0.39, 0.29) is 5.91 Å². The third kappa shape index (κ3) is 5.39. The van der Waals surface area contributed by atoms with Gasteiger partial charge in [0.05, 0.1) is 13.0 Å². The highest BCUT2D eigenvalue weighted by atomic mass is 79.9. The van der Waals surface area contributed by atoms with E-state index in [0.29, 0.717) is 19.6 Å². The summed E-state index contributed by atoms with van der Waals surface area (Å²) in [5.41, 5.74) is 4.58. The van der Waals surface area contributed by atoms with Gasteiger partial charge in [-0.3, -0.25) is 4.79 Å². The molecule has 23 heavy (non-hydrogen) atoms. The Bertz CT molecular complexity index is 698. The van der Waals surface area contributed by atoms with Crippen LogP contribution in [0.4, 0.5) is 0 Å². The van der Waals surface area contributed by atoms with E-state index < -0.39 is 0 Å². The van der Waals surface area contributed by atoms with Gasteiger partial charge in [0.15, 0.2) is 0 Å². The number of aryl methyl sites for hydroxylation is 3. The second kappa shape index (κ2) is 8.16. The summed E-state index contributed by atoms with van der Waals surface area (Å²) in [6.45, 7) is 7.16. The van der Waals surface area contributed by atoms with Crippen LogP contribution in [0.15, 0.2) is 40.9 Å². The molecule has 2 aromatic carbocycles. The number of carbonyl (C=O) groups is 1. The molecule has 0 aliphatic carbocycles. The van der Waals surface area contributed by atoms with Gasteiger partial charge in [0.25, 0.3) is 0 Å². The summed E-state index contributed by atoms with van der Waals surface area (Å²) in [7, 11) is 0. The van der Waals surface area contributed by atoms with E-state index >= 15 is 0 Å². The van der Waals surface area contributed by atoms with E-state index in [2.05, 4.69) is 41.2 Å². The maximum atomic E-state index is 11.9. The van der Waals surface area contributed by atoms with Crippen LogP contribution in [-0.2, 0) is 11.2 Å². The molecular weight excluding hydrogens is 354 g/mol. The lowest BCUT2D eigenvalue weighted by Gasteiger charge is -2.12. The Morgan fingerprint density at radius 2 is 1.83 bits per heavy atom.